The summed E-state index contributed by atoms with van der Waals surface area (Å²) in [5.41, 5.74) is 2.94. The van der Waals surface area contributed by atoms with Crippen LogP contribution < -0.4 is 10.9 Å². The summed E-state index contributed by atoms with van der Waals surface area (Å²) < 4.78 is 37.9. The summed E-state index contributed by atoms with van der Waals surface area (Å²) in [6, 6.07) is 4.28. The third-order valence-electron chi connectivity index (χ3n) is 2.41. The molecule has 1 fully saturated rings. The van der Waals surface area contributed by atoms with Gasteiger partial charge in [0, 0.05) is 5.02 Å². The number of halogens is 4. The first-order chi connectivity index (χ1) is 6.87. The number of benzene rings is 1. The predicted octanol–water partition coefficient (Wildman–Crippen LogP) is 2.47. The van der Waals surface area contributed by atoms with E-state index in [-0.39, 0.29) is 5.56 Å². The van der Waals surface area contributed by atoms with Crippen molar-refractivity contribution < 1.29 is 13.2 Å². The van der Waals surface area contributed by atoms with Crippen LogP contribution in [0.15, 0.2) is 18.2 Å². The van der Waals surface area contributed by atoms with E-state index in [1.54, 1.807) is 13.0 Å². The van der Waals surface area contributed by atoms with Gasteiger partial charge in [0.2, 0.25) is 5.66 Å². The van der Waals surface area contributed by atoms with Crippen molar-refractivity contribution in [1.82, 2.24) is 10.9 Å². The number of nitrogens with one attached hydrogen (secondary N) is 2. The lowest BCUT2D eigenvalue weighted by atomic mass is 10.0. The van der Waals surface area contributed by atoms with Gasteiger partial charge in [-0.15, -0.1) is 0 Å². The van der Waals surface area contributed by atoms with Crippen molar-refractivity contribution in [2.75, 3.05) is 0 Å². The van der Waals surface area contributed by atoms with Crippen molar-refractivity contribution in [2.24, 2.45) is 0 Å². The average Bonchev–Trinajstić information content (AvgIpc) is 2.88. The molecule has 1 saturated heterocycles. The van der Waals surface area contributed by atoms with Crippen LogP contribution in [0.25, 0.3) is 0 Å². The number of hydrogen-bond acceptors (Lipinski definition) is 2. The Morgan fingerprint density at radius 2 is 1.87 bits per heavy atom. The zero-order valence-corrected chi connectivity index (χ0v) is 8.50. The number of hydrogen-bond donors (Lipinski definition) is 2. The third-order valence-corrected chi connectivity index (χ3v) is 2.81. The molecule has 1 heterocycles. The topological polar surface area (TPSA) is 43.9 Å². The molecule has 15 heavy (non-hydrogen) atoms. The minimum Gasteiger partial charge on any atom is -0.223 e. The molecule has 82 valence electrons. The molecule has 0 aliphatic carbocycles. The van der Waals surface area contributed by atoms with Crippen LogP contribution in [0.1, 0.15) is 11.1 Å². The highest BCUT2D eigenvalue weighted by molar-refractivity contribution is 6.31. The van der Waals surface area contributed by atoms with Gasteiger partial charge >= 0.3 is 6.18 Å². The standard InChI is InChI=1S/C9H8ClF3N2/c1-5-2-3-6(4-7(5)10)8(14-15-8)9(11,12)13/h2-4,14-15H,1H3. The smallest absolute Gasteiger partial charge is 0.223 e. The number of alkyl halides is 3. The molecule has 6 heteroatoms. The summed E-state index contributed by atoms with van der Waals surface area (Å²) in [5.74, 6) is 0. The van der Waals surface area contributed by atoms with Gasteiger partial charge in [-0.1, -0.05) is 23.7 Å². The molecule has 0 atom stereocenters. The fraction of sp³-hybridized carbons (Fsp3) is 0.333. The van der Waals surface area contributed by atoms with Crippen molar-refractivity contribution >= 4 is 11.6 Å². The number of rotatable bonds is 1. The van der Waals surface area contributed by atoms with E-state index < -0.39 is 11.8 Å². The number of aryl methyl sites for hydroxylation is 1. The zero-order chi connectivity index (χ0) is 11.3. The van der Waals surface area contributed by atoms with E-state index in [1.807, 2.05) is 0 Å². The Balaban J connectivity index is 2.43. The van der Waals surface area contributed by atoms with Crippen molar-refractivity contribution in [3.05, 3.63) is 34.3 Å². The first-order valence-electron chi connectivity index (χ1n) is 4.24. The van der Waals surface area contributed by atoms with Crippen molar-refractivity contribution in [3.63, 3.8) is 0 Å². The van der Waals surface area contributed by atoms with Crippen LogP contribution in [-0.4, -0.2) is 6.18 Å². The lowest BCUT2D eigenvalue weighted by Crippen LogP contribution is -2.34. The Labute approximate surface area is 89.4 Å². The molecule has 0 saturated carbocycles. The van der Waals surface area contributed by atoms with E-state index in [0.717, 1.165) is 5.56 Å². The highest BCUT2D eigenvalue weighted by atomic mass is 35.5. The molecule has 2 rings (SSSR count). The van der Waals surface area contributed by atoms with Gasteiger partial charge in [0.15, 0.2) is 0 Å². The molecule has 1 aromatic rings. The van der Waals surface area contributed by atoms with Crippen molar-refractivity contribution in [3.8, 4) is 0 Å². The largest absolute Gasteiger partial charge is 0.426 e. The molecular formula is C9H8ClF3N2. The first kappa shape index (κ1) is 10.7. The van der Waals surface area contributed by atoms with E-state index in [9.17, 15) is 13.2 Å². The van der Waals surface area contributed by atoms with Gasteiger partial charge in [-0.2, -0.15) is 13.2 Å². The summed E-state index contributed by atoms with van der Waals surface area (Å²) in [5, 5.41) is 0.326. The van der Waals surface area contributed by atoms with E-state index in [4.69, 9.17) is 11.6 Å². The van der Waals surface area contributed by atoms with Crippen LogP contribution in [0.5, 0.6) is 0 Å². The van der Waals surface area contributed by atoms with E-state index in [0.29, 0.717) is 5.02 Å². The van der Waals surface area contributed by atoms with Gasteiger partial charge in [-0.05, 0) is 24.1 Å². The Bertz CT molecular complexity index is 399. The van der Waals surface area contributed by atoms with Crippen LogP contribution in [-0.2, 0) is 5.66 Å². The molecule has 0 radical (unpaired) electrons. The third kappa shape index (κ3) is 1.60. The number of hydrazine groups is 1. The lowest BCUT2D eigenvalue weighted by Gasteiger charge is -2.16. The molecule has 1 aromatic carbocycles. The molecule has 1 aliphatic rings. The maximum absolute atomic E-state index is 12.6. The first-order valence-corrected chi connectivity index (χ1v) is 4.62. The van der Waals surface area contributed by atoms with Gasteiger partial charge < -0.3 is 0 Å². The second-order valence-electron chi connectivity index (χ2n) is 3.46. The van der Waals surface area contributed by atoms with E-state index >= 15 is 0 Å². The zero-order valence-electron chi connectivity index (χ0n) is 7.74. The minimum atomic E-state index is -4.38. The summed E-state index contributed by atoms with van der Waals surface area (Å²) in [6.07, 6.45) is -4.38. The molecule has 0 amide bonds. The molecule has 0 spiro atoms. The average molecular weight is 237 g/mol. The maximum atomic E-state index is 12.6. The van der Waals surface area contributed by atoms with Crippen molar-refractivity contribution in [1.29, 1.82) is 0 Å². The Morgan fingerprint density at radius 3 is 2.27 bits per heavy atom. The quantitative estimate of drug-likeness (QED) is 0.736. The summed E-state index contributed by atoms with van der Waals surface area (Å²) in [7, 11) is 0. The SMILES string of the molecule is Cc1ccc(C2(C(F)(F)F)NN2)cc1Cl. The second-order valence-corrected chi connectivity index (χ2v) is 3.87. The molecular weight excluding hydrogens is 229 g/mol. The molecule has 0 bridgehead atoms. The lowest BCUT2D eigenvalue weighted by molar-refractivity contribution is -0.165. The van der Waals surface area contributed by atoms with E-state index in [2.05, 4.69) is 10.9 Å². The molecule has 1 aliphatic heterocycles. The summed E-state index contributed by atoms with van der Waals surface area (Å²) >= 11 is 5.77. The maximum Gasteiger partial charge on any atom is 0.426 e. The Kier molecular flexibility index (Phi) is 2.22. The van der Waals surface area contributed by atoms with Gasteiger partial charge in [0.1, 0.15) is 0 Å². The fourth-order valence-corrected chi connectivity index (χ4v) is 1.52. The summed E-state index contributed by atoms with van der Waals surface area (Å²) in [6.45, 7) is 1.74. The highest BCUT2D eigenvalue weighted by Crippen LogP contribution is 2.42. The van der Waals surface area contributed by atoms with Gasteiger partial charge in [0.25, 0.3) is 0 Å². The van der Waals surface area contributed by atoms with Gasteiger partial charge in [-0.3, -0.25) is 0 Å². The predicted molar refractivity (Wildman–Crippen MR) is 50.2 cm³/mol. The van der Waals surface area contributed by atoms with Crippen LogP contribution in [0.3, 0.4) is 0 Å². The highest BCUT2D eigenvalue weighted by Gasteiger charge is 2.65. The van der Waals surface area contributed by atoms with Crippen LogP contribution in [0, 0.1) is 6.92 Å². The fourth-order valence-electron chi connectivity index (χ4n) is 1.34. The van der Waals surface area contributed by atoms with Crippen LogP contribution >= 0.6 is 11.6 Å². The van der Waals surface area contributed by atoms with Gasteiger partial charge in [0.05, 0.1) is 0 Å². The van der Waals surface area contributed by atoms with Gasteiger partial charge in [-0.25, -0.2) is 10.9 Å². The molecule has 2 N–H and O–H groups in total. The van der Waals surface area contributed by atoms with Crippen LogP contribution in [0.2, 0.25) is 5.02 Å². The molecule has 0 unspecified atom stereocenters. The Morgan fingerprint density at radius 1 is 1.27 bits per heavy atom. The summed E-state index contributed by atoms with van der Waals surface area (Å²) in [4.78, 5) is 0. The molecule has 0 aromatic heterocycles. The monoisotopic (exact) mass is 236 g/mol. The second kappa shape index (κ2) is 3.10. The van der Waals surface area contributed by atoms with Crippen molar-refractivity contribution in [2.45, 2.75) is 18.8 Å². The normalized spacial score (nSPS) is 19.0. The molecule has 2 nitrogen and oxygen atoms in total. The minimum absolute atomic E-state index is 0.0746. The van der Waals surface area contributed by atoms with E-state index in [1.165, 1.54) is 12.1 Å². The van der Waals surface area contributed by atoms with Crippen LogP contribution in [0.4, 0.5) is 13.2 Å². The Hall–Kier alpha value is -0.780.